The van der Waals surface area contributed by atoms with Crippen LogP contribution in [-0.4, -0.2) is 26.0 Å². The molecule has 0 aliphatic heterocycles. The molecular weight excluding hydrogens is 370 g/mol. The Morgan fingerprint density at radius 1 is 1.28 bits per heavy atom. The zero-order valence-corrected chi connectivity index (χ0v) is 15.9. The summed E-state index contributed by atoms with van der Waals surface area (Å²) in [4.78, 5) is 34.9. The highest BCUT2D eigenvalue weighted by molar-refractivity contribution is 5.83. The maximum atomic E-state index is 12.6. The van der Waals surface area contributed by atoms with Gasteiger partial charge in [-0.05, 0) is 18.6 Å². The Morgan fingerprint density at radius 2 is 2.14 bits per heavy atom. The zero-order valence-electron chi connectivity index (χ0n) is 15.9. The van der Waals surface area contributed by atoms with E-state index in [-0.39, 0.29) is 17.9 Å². The first-order valence-electron chi connectivity index (χ1n) is 9.40. The molecule has 1 amide bonds. The third kappa shape index (κ3) is 4.43. The molecule has 0 aliphatic rings. The number of rotatable bonds is 7. The molecule has 8 heteroatoms. The van der Waals surface area contributed by atoms with Gasteiger partial charge in [-0.1, -0.05) is 23.4 Å². The summed E-state index contributed by atoms with van der Waals surface area (Å²) in [5.74, 6) is 1.01. The number of aromatic nitrogens is 4. The number of hydrogen-bond acceptors (Lipinski definition) is 5. The molecule has 3 aromatic heterocycles. The molecule has 1 unspecified atom stereocenters. The van der Waals surface area contributed by atoms with Crippen LogP contribution in [0, 0.1) is 6.92 Å². The van der Waals surface area contributed by atoms with E-state index in [1.807, 2.05) is 30.5 Å². The van der Waals surface area contributed by atoms with Gasteiger partial charge in [-0.15, -0.1) is 0 Å². The molecule has 1 atom stereocenters. The first-order chi connectivity index (χ1) is 14.1. The van der Waals surface area contributed by atoms with Crippen LogP contribution >= 0.6 is 0 Å². The van der Waals surface area contributed by atoms with Crippen molar-refractivity contribution in [3.63, 3.8) is 0 Å². The van der Waals surface area contributed by atoms with Gasteiger partial charge < -0.3 is 19.8 Å². The second-order valence-corrected chi connectivity index (χ2v) is 6.92. The van der Waals surface area contributed by atoms with E-state index < -0.39 is 6.04 Å². The van der Waals surface area contributed by atoms with Gasteiger partial charge in [0.25, 0.3) is 5.56 Å². The van der Waals surface area contributed by atoms with E-state index in [4.69, 9.17) is 4.52 Å². The fraction of sp³-hybridized carbons (Fsp3) is 0.238. The Kier molecular flexibility index (Phi) is 5.24. The minimum Gasteiger partial charge on any atom is -0.361 e. The third-order valence-corrected chi connectivity index (χ3v) is 4.76. The Labute approximate surface area is 166 Å². The summed E-state index contributed by atoms with van der Waals surface area (Å²) in [7, 11) is 0. The molecule has 0 bridgehead atoms. The Hall–Kier alpha value is -3.68. The maximum Gasteiger partial charge on any atom is 0.251 e. The largest absolute Gasteiger partial charge is 0.361 e. The lowest BCUT2D eigenvalue weighted by Gasteiger charge is -2.18. The SMILES string of the molecule is Cc1nc(C(Cc2c[nH]c3ccccc23)NC(=O)CCc2ccno2)cc(=O)[nH]1. The summed E-state index contributed by atoms with van der Waals surface area (Å²) in [5, 5.41) is 7.75. The van der Waals surface area contributed by atoms with Gasteiger partial charge in [0.15, 0.2) is 0 Å². The lowest BCUT2D eigenvalue weighted by atomic mass is 10.0. The van der Waals surface area contributed by atoms with Crippen LogP contribution in [0.2, 0.25) is 0 Å². The van der Waals surface area contributed by atoms with Crippen molar-refractivity contribution in [3.8, 4) is 0 Å². The summed E-state index contributed by atoms with van der Waals surface area (Å²) < 4.78 is 5.05. The highest BCUT2D eigenvalue weighted by Crippen LogP contribution is 2.23. The number of amides is 1. The topological polar surface area (TPSA) is 117 Å². The first kappa shape index (κ1) is 18.7. The van der Waals surface area contributed by atoms with Crippen molar-refractivity contribution in [2.75, 3.05) is 0 Å². The van der Waals surface area contributed by atoms with Crippen molar-refractivity contribution >= 4 is 16.8 Å². The van der Waals surface area contributed by atoms with Gasteiger partial charge in [-0.25, -0.2) is 4.98 Å². The second-order valence-electron chi connectivity index (χ2n) is 6.92. The Balaban J connectivity index is 1.58. The molecule has 3 N–H and O–H groups in total. The highest BCUT2D eigenvalue weighted by atomic mass is 16.5. The predicted octanol–water partition coefficient (Wildman–Crippen LogP) is 2.58. The molecule has 148 valence electrons. The van der Waals surface area contributed by atoms with Crippen LogP contribution in [0.15, 0.2) is 58.1 Å². The van der Waals surface area contributed by atoms with Gasteiger partial charge in [0.1, 0.15) is 11.6 Å². The van der Waals surface area contributed by atoms with Crippen molar-refractivity contribution in [1.29, 1.82) is 0 Å². The lowest BCUT2D eigenvalue weighted by molar-refractivity contribution is -0.121. The number of hydrogen-bond donors (Lipinski definition) is 3. The quantitative estimate of drug-likeness (QED) is 0.448. The van der Waals surface area contributed by atoms with Crippen molar-refractivity contribution in [2.45, 2.75) is 32.2 Å². The number of para-hydroxylation sites is 1. The minimum absolute atomic E-state index is 0.147. The van der Waals surface area contributed by atoms with E-state index in [0.29, 0.717) is 30.1 Å². The lowest BCUT2D eigenvalue weighted by Crippen LogP contribution is -2.32. The Morgan fingerprint density at radius 3 is 2.93 bits per heavy atom. The van der Waals surface area contributed by atoms with Crippen LogP contribution in [0.4, 0.5) is 0 Å². The summed E-state index contributed by atoms with van der Waals surface area (Å²) >= 11 is 0. The number of benzene rings is 1. The number of nitrogens with zero attached hydrogens (tertiary/aromatic N) is 2. The van der Waals surface area contributed by atoms with Crippen LogP contribution < -0.4 is 10.9 Å². The van der Waals surface area contributed by atoms with Crippen LogP contribution in [0.3, 0.4) is 0 Å². The number of carbonyl (C=O) groups excluding carboxylic acids is 1. The fourth-order valence-electron chi connectivity index (χ4n) is 3.41. The molecule has 0 aliphatic carbocycles. The van der Waals surface area contributed by atoms with Gasteiger partial charge in [-0.3, -0.25) is 9.59 Å². The second kappa shape index (κ2) is 8.14. The van der Waals surface area contributed by atoms with Gasteiger partial charge in [0.05, 0.1) is 17.9 Å². The standard InChI is InChI=1S/C21H21N5O3/c1-13-24-19(11-21(28)25-13)18(26-20(27)7-6-15-8-9-23-29-15)10-14-12-22-17-5-3-2-4-16(14)17/h2-5,8-9,11-12,18,22H,6-7,10H2,1H3,(H,26,27)(H,24,25,28). The van der Waals surface area contributed by atoms with Crippen molar-refractivity contribution in [3.05, 3.63) is 82.0 Å². The highest BCUT2D eigenvalue weighted by Gasteiger charge is 2.20. The fourth-order valence-corrected chi connectivity index (χ4v) is 3.41. The Bertz CT molecular complexity index is 1180. The van der Waals surface area contributed by atoms with Crippen LogP contribution in [-0.2, 0) is 17.6 Å². The van der Waals surface area contributed by atoms with Gasteiger partial charge in [0.2, 0.25) is 5.91 Å². The molecule has 4 rings (SSSR count). The van der Waals surface area contributed by atoms with Crippen molar-refractivity contribution in [1.82, 2.24) is 25.4 Å². The molecule has 29 heavy (non-hydrogen) atoms. The number of nitrogens with one attached hydrogen (secondary N) is 3. The minimum atomic E-state index is -0.433. The predicted molar refractivity (Wildman–Crippen MR) is 107 cm³/mol. The van der Waals surface area contributed by atoms with Crippen LogP contribution in [0.5, 0.6) is 0 Å². The van der Waals surface area contributed by atoms with Crippen molar-refractivity contribution < 1.29 is 9.32 Å². The van der Waals surface area contributed by atoms with Crippen LogP contribution in [0.25, 0.3) is 10.9 Å². The van der Waals surface area contributed by atoms with Gasteiger partial charge in [0, 0.05) is 48.5 Å². The summed E-state index contributed by atoms with van der Waals surface area (Å²) in [5.41, 5.74) is 2.35. The number of aromatic amines is 2. The zero-order chi connectivity index (χ0) is 20.2. The van der Waals surface area contributed by atoms with Crippen molar-refractivity contribution in [2.24, 2.45) is 0 Å². The van der Waals surface area contributed by atoms with E-state index >= 15 is 0 Å². The van der Waals surface area contributed by atoms with E-state index in [1.54, 1.807) is 19.2 Å². The normalized spacial score (nSPS) is 12.2. The first-order valence-corrected chi connectivity index (χ1v) is 9.40. The number of aryl methyl sites for hydroxylation is 2. The van der Waals surface area contributed by atoms with Gasteiger partial charge >= 0.3 is 0 Å². The third-order valence-electron chi connectivity index (χ3n) is 4.76. The monoisotopic (exact) mass is 391 g/mol. The molecule has 1 aromatic carbocycles. The van der Waals surface area contributed by atoms with E-state index in [0.717, 1.165) is 16.5 Å². The average Bonchev–Trinajstić information content (AvgIpc) is 3.35. The molecule has 0 fully saturated rings. The van der Waals surface area contributed by atoms with E-state index in [9.17, 15) is 9.59 Å². The molecule has 0 saturated carbocycles. The number of carbonyl (C=O) groups is 1. The molecule has 0 radical (unpaired) electrons. The van der Waals surface area contributed by atoms with E-state index in [1.165, 1.54) is 6.07 Å². The molecule has 3 heterocycles. The average molecular weight is 391 g/mol. The van der Waals surface area contributed by atoms with Gasteiger partial charge in [-0.2, -0.15) is 0 Å². The molecule has 0 saturated heterocycles. The van der Waals surface area contributed by atoms with Crippen LogP contribution in [0.1, 0.15) is 35.3 Å². The smallest absolute Gasteiger partial charge is 0.251 e. The number of H-pyrrole nitrogens is 2. The molecule has 8 nitrogen and oxygen atoms in total. The summed E-state index contributed by atoms with van der Waals surface area (Å²) in [6, 6.07) is 10.7. The summed E-state index contributed by atoms with van der Waals surface area (Å²) in [6.45, 7) is 1.72. The molecule has 0 spiro atoms. The maximum absolute atomic E-state index is 12.6. The molecular formula is C21H21N5O3. The summed E-state index contributed by atoms with van der Waals surface area (Å²) in [6.07, 6.45) is 4.69. The molecule has 4 aromatic rings. The van der Waals surface area contributed by atoms with E-state index in [2.05, 4.69) is 25.4 Å². The number of fused-ring (bicyclic) bond motifs is 1.